The highest BCUT2D eigenvalue weighted by atomic mass is 16.5. The van der Waals surface area contributed by atoms with Crippen molar-refractivity contribution in [3.05, 3.63) is 84.1 Å². The van der Waals surface area contributed by atoms with Gasteiger partial charge < -0.3 is 15.0 Å². The molecule has 4 aromatic rings. The van der Waals surface area contributed by atoms with Crippen molar-refractivity contribution in [2.75, 3.05) is 25.0 Å². The van der Waals surface area contributed by atoms with Crippen LogP contribution in [0.1, 0.15) is 30.0 Å². The van der Waals surface area contributed by atoms with Gasteiger partial charge in [-0.15, -0.1) is 0 Å². The fraction of sp³-hybridized carbons (Fsp3) is 0.269. The predicted octanol–water partition coefficient (Wildman–Crippen LogP) is 4.36. The summed E-state index contributed by atoms with van der Waals surface area (Å²) in [5.41, 5.74) is 3.04. The van der Waals surface area contributed by atoms with Crippen molar-refractivity contribution in [2.24, 2.45) is 0 Å². The van der Waals surface area contributed by atoms with E-state index in [1.807, 2.05) is 53.4 Å². The number of ether oxygens (including phenoxy) is 1. The average Bonchev–Trinajstić information content (AvgIpc) is 3.29. The molecule has 5 rings (SSSR count). The number of nitrogens with one attached hydrogen (secondary N) is 2. The number of hydrogen-bond donors (Lipinski definition) is 2. The molecule has 0 saturated carbocycles. The molecule has 1 fully saturated rings. The van der Waals surface area contributed by atoms with E-state index in [4.69, 9.17) is 9.72 Å². The quantitative estimate of drug-likeness (QED) is 0.445. The van der Waals surface area contributed by atoms with E-state index in [9.17, 15) is 4.79 Å². The van der Waals surface area contributed by atoms with E-state index in [0.717, 1.165) is 41.1 Å². The lowest BCUT2D eigenvalue weighted by molar-refractivity contribution is -0.134. The SMILES string of the molecule is O=C(COc1ccccc1)N1CCC(c2ccc3c(NCc4ccccc4)n[nH]c3n2)CC1. The number of pyridine rings is 1. The normalized spacial score (nSPS) is 14.4. The van der Waals surface area contributed by atoms with Crippen LogP contribution < -0.4 is 10.1 Å². The van der Waals surface area contributed by atoms with Crippen LogP contribution >= 0.6 is 0 Å². The average molecular weight is 442 g/mol. The van der Waals surface area contributed by atoms with Gasteiger partial charge in [-0.25, -0.2) is 4.98 Å². The molecule has 0 bridgehead atoms. The highest BCUT2D eigenvalue weighted by Crippen LogP contribution is 2.29. The molecule has 33 heavy (non-hydrogen) atoms. The van der Waals surface area contributed by atoms with Crippen molar-refractivity contribution in [1.29, 1.82) is 0 Å². The van der Waals surface area contributed by atoms with Crippen molar-refractivity contribution < 1.29 is 9.53 Å². The van der Waals surface area contributed by atoms with Crippen LogP contribution in [-0.2, 0) is 11.3 Å². The molecule has 2 aromatic carbocycles. The van der Waals surface area contributed by atoms with Gasteiger partial charge in [0.25, 0.3) is 5.91 Å². The maximum Gasteiger partial charge on any atom is 0.260 e. The van der Waals surface area contributed by atoms with Crippen LogP contribution in [0.3, 0.4) is 0 Å². The number of H-pyrrole nitrogens is 1. The first-order valence-corrected chi connectivity index (χ1v) is 11.3. The third-order valence-corrected chi connectivity index (χ3v) is 6.12. The van der Waals surface area contributed by atoms with Crippen molar-refractivity contribution in [2.45, 2.75) is 25.3 Å². The molecule has 0 radical (unpaired) electrons. The predicted molar refractivity (Wildman–Crippen MR) is 128 cm³/mol. The zero-order chi connectivity index (χ0) is 22.5. The second-order valence-electron chi connectivity index (χ2n) is 8.30. The van der Waals surface area contributed by atoms with Crippen LogP contribution in [0.15, 0.2) is 72.8 Å². The Kier molecular flexibility index (Phi) is 6.19. The number of piperidine rings is 1. The Labute approximate surface area is 192 Å². The summed E-state index contributed by atoms with van der Waals surface area (Å²) in [6.45, 7) is 2.22. The lowest BCUT2D eigenvalue weighted by Crippen LogP contribution is -2.40. The van der Waals surface area contributed by atoms with Gasteiger partial charge in [0.15, 0.2) is 18.1 Å². The third kappa shape index (κ3) is 4.98. The third-order valence-electron chi connectivity index (χ3n) is 6.12. The summed E-state index contributed by atoms with van der Waals surface area (Å²) < 4.78 is 5.61. The van der Waals surface area contributed by atoms with Crippen LogP contribution in [0.5, 0.6) is 5.75 Å². The zero-order valence-electron chi connectivity index (χ0n) is 18.4. The highest BCUT2D eigenvalue weighted by Gasteiger charge is 2.25. The molecule has 7 heteroatoms. The van der Waals surface area contributed by atoms with Crippen LogP contribution in [-0.4, -0.2) is 45.7 Å². The number of fused-ring (bicyclic) bond motifs is 1. The van der Waals surface area contributed by atoms with Gasteiger partial charge in [-0.05, 0) is 42.7 Å². The first kappa shape index (κ1) is 21.0. The maximum absolute atomic E-state index is 12.5. The van der Waals surface area contributed by atoms with E-state index in [0.29, 0.717) is 25.6 Å². The fourth-order valence-corrected chi connectivity index (χ4v) is 4.24. The van der Waals surface area contributed by atoms with E-state index < -0.39 is 0 Å². The fourth-order valence-electron chi connectivity index (χ4n) is 4.24. The Bertz CT molecular complexity index is 1200. The van der Waals surface area contributed by atoms with Gasteiger partial charge in [-0.2, -0.15) is 5.10 Å². The molecular weight excluding hydrogens is 414 g/mol. The molecule has 0 aliphatic carbocycles. The minimum absolute atomic E-state index is 0.0309. The molecule has 168 valence electrons. The van der Waals surface area contributed by atoms with Crippen LogP contribution in [0, 0.1) is 0 Å². The Morgan fingerprint density at radius 2 is 1.73 bits per heavy atom. The summed E-state index contributed by atoms with van der Waals surface area (Å²) >= 11 is 0. The summed E-state index contributed by atoms with van der Waals surface area (Å²) in [7, 11) is 0. The molecule has 1 amide bonds. The van der Waals surface area contributed by atoms with Crippen molar-refractivity contribution in [3.63, 3.8) is 0 Å². The van der Waals surface area contributed by atoms with Crippen LogP contribution in [0.25, 0.3) is 11.0 Å². The zero-order valence-corrected chi connectivity index (χ0v) is 18.4. The molecule has 7 nitrogen and oxygen atoms in total. The number of aromatic nitrogens is 3. The van der Waals surface area contributed by atoms with Gasteiger partial charge in [-0.3, -0.25) is 9.89 Å². The highest BCUT2D eigenvalue weighted by molar-refractivity contribution is 5.87. The molecule has 0 atom stereocenters. The van der Waals surface area contributed by atoms with Gasteiger partial charge in [-0.1, -0.05) is 48.5 Å². The van der Waals surface area contributed by atoms with Crippen molar-refractivity contribution in [1.82, 2.24) is 20.1 Å². The van der Waals surface area contributed by atoms with Gasteiger partial charge in [0.05, 0.1) is 5.39 Å². The second kappa shape index (κ2) is 9.73. The lowest BCUT2D eigenvalue weighted by Gasteiger charge is -2.31. The Balaban J connectivity index is 1.16. The Hall–Kier alpha value is -3.87. The number of rotatable bonds is 7. The van der Waals surface area contributed by atoms with Crippen LogP contribution in [0.2, 0.25) is 0 Å². The van der Waals surface area contributed by atoms with E-state index in [-0.39, 0.29) is 12.5 Å². The van der Waals surface area contributed by atoms with Gasteiger partial charge in [0, 0.05) is 31.2 Å². The maximum atomic E-state index is 12.5. The first-order chi connectivity index (χ1) is 16.3. The summed E-state index contributed by atoms with van der Waals surface area (Å²) in [6, 6.07) is 23.9. The summed E-state index contributed by atoms with van der Waals surface area (Å²) in [5, 5.41) is 11.8. The number of carbonyl (C=O) groups is 1. The molecule has 2 aromatic heterocycles. The summed E-state index contributed by atoms with van der Waals surface area (Å²) in [4.78, 5) is 19.2. The van der Waals surface area contributed by atoms with E-state index in [1.54, 1.807) is 0 Å². The Morgan fingerprint density at radius 1 is 1.00 bits per heavy atom. The molecule has 0 unspecified atom stereocenters. The van der Waals surface area contributed by atoms with Crippen molar-refractivity contribution in [3.8, 4) is 5.75 Å². The number of nitrogens with zero attached hydrogens (tertiary/aromatic N) is 3. The van der Waals surface area contributed by atoms with Crippen LogP contribution in [0.4, 0.5) is 5.82 Å². The summed E-state index contributed by atoms with van der Waals surface area (Å²) in [5.74, 6) is 1.89. The second-order valence-corrected chi connectivity index (χ2v) is 8.30. The van der Waals surface area contributed by atoms with E-state index >= 15 is 0 Å². The number of aromatic amines is 1. The number of likely N-dealkylation sites (tertiary alicyclic amines) is 1. The molecule has 0 spiro atoms. The lowest BCUT2D eigenvalue weighted by atomic mass is 9.93. The molecular formula is C26H27N5O2. The molecule has 3 heterocycles. The van der Waals surface area contributed by atoms with Crippen molar-refractivity contribution >= 4 is 22.8 Å². The number of benzene rings is 2. The largest absolute Gasteiger partial charge is 0.484 e. The number of hydrogen-bond acceptors (Lipinski definition) is 5. The van der Waals surface area contributed by atoms with Gasteiger partial charge >= 0.3 is 0 Å². The Morgan fingerprint density at radius 3 is 2.48 bits per heavy atom. The minimum Gasteiger partial charge on any atom is -0.484 e. The number of para-hydroxylation sites is 1. The monoisotopic (exact) mass is 441 g/mol. The summed E-state index contributed by atoms with van der Waals surface area (Å²) in [6.07, 6.45) is 1.78. The topological polar surface area (TPSA) is 83.1 Å². The number of carbonyl (C=O) groups excluding carboxylic acids is 1. The number of anilines is 1. The first-order valence-electron chi connectivity index (χ1n) is 11.3. The van der Waals surface area contributed by atoms with Gasteiger partial charge in [0.1, 0.15) is 5.75 Å². The number of amides is 1. The van der Waals surface area contributed by atoms with Gasteiger partial charge in [0.2, 0.25) is 0 Å². The minimum atomic E-state index is 0.0309. The van der Waals surface area contributed by atoms with E-state index in [2.05, 4.69) is 39.8 Å². The smallest absolute Gasteiger partial charge is 0.260 e. The molecule has 1 aliphatic rings. The molecule has 1 aliphatic heterocycles. The molecule has 2 N–H and O–H groups in total. The van der Waals surface area contributed by atoms with E-state index in [1.165, 1.54) is 5.56 Å². The standard InChI is InChI=1S/C26H27N5O2/c32-24(18-33-21-9-5-2-6-10-21)31-15-13-20(14-16-31)23-12-11-22-25(29-30-26(22)28-23)27-17-19-7-3-1-4-8-19/h1-12,20H,13-18H2,(H2,27,28,29,30). The molecule has 1 saturated heterocycles.